The zero-order chi connectivity index (χ0) is 32.8. The van der Waals surface area contributed by atoms with Gasteiger partial charge >= 0.3 is 5.97 Å². The highest BCUT2D eigenvalue weighted by atomic mass is 16.7. The van der Waals surface area contributed by atoms with Crippen LogP contribution in [0.4, 0.5) is 0 Å². The monoisotopic (exact) mass is 638 g/mol. The number of esters is 1. The van der Waals surface area contributed by atoms with Crippen molar-refractivity contribution in [2.75, 3.05) is 13.2 Å². The normalized spacial score (nSPS) is 47.6. The van der Waals surface area contributed by atoms with Crippen molar-refractivity contribution in [2.24, 2.45) is 46.3 Å². The van der Waals surface area contributed by atoms with Gasteiger partial charge in [0.05, 0.1) is 31.5 Å². The molecule has 3 unspecified atom stereocenters. The second-order valence-corrected chi connectivity index (χ2v) is 15.8. The van der Waals surface area contributed by atoms with Gasteiger partial charge in [0.15, 0.2) is 6.29 Å². The van der Waals surface area contributed by atoms with Gasteiger partial charge in [0.1, 0.15) is 24.4 Å². The molecular formula is C35H58O10. The largest absolute Gasteiger partial charge is 0.466 e. The lowest BCUT2D eigenvalue weighted by atomic mass is 9.46. The number of rotatable bonds is 10. The van der Waals surface area contributed by atoms with Crippen molar-refractivity contribution >= 4 is 5.97 Å². The van der Waals surface area contributed by atoms with Crippen molar-refractivity contribution in [1.82, 2.24) is 0 Å². The number of ether oxygens (including phenoxy) is 3. The summed E-state index contributed by atoms with van der Waals surface area (Å²) in [6.07, 6.45) is 1.59. The fourth-order valence-electron chi connectivity index (χ4n) is 10.4. The highest BCUT2D eigenvalue weighted by molar-refractivity contribution is 5.65. The number of aliphatic hydroxyl groups excluding tert-OH is 6. The first-order valence-corrected chi connectivity index (χ1v) is 17.4. The molecule has 0 bridgehead atoms. The molecule has 16 atom stereocenters. The number of hydrogen-bond acceptors (Lipinski definition) is 10. The first kappa shape index (κ1) is 35.2. The molecule has 1 saturated heterocycles. The van der Waals surface area contributed by atoms with E-state index in [9.17, 15) is 35.4 Å². The van der Waals surface area contributed by atoms with E-state index in [2.05, 4.69) is 33.8 Å². The fourth-order valence-corrected chi connectivity index (χ4v) is 10.4. The summed E-state index contributed by atoms with van der Waals surface area (Å²) in [6.45, 7) is 10.4. The van der Waals surface area contributed by atoms with E-state index in [1.165, 1.54) is 6.92 Å². The van der Waals surface area contributed by atoms with Crippen molar-refractivity contribution < 1.29 is 49.6 Å². The van der Waals surface area contributed by atoms with Gasteiger partial charge in [0.2, 0.25) is 0 Å². The van der Waals surface area contributed by atoms with Crippen molar-refractivity contribution in [3.8, 4) is 0 Å². The van der Waals surface area contributed by atoms with E-state index >= 15 is 0 Å². The zero-order valence-electron chi connectivity index (χ0n) is 27.8. The summed E-state index contributed by atoms with van der Waals surface area (Å²) in [6, 6.07) is 0. The Labute approximate surface area is 268 Å². The minimum atomic E-state index is -1.54. The third-order valence-corrected chi connectivity index (χ3v) is 12.9. The molecule has 0 aromatic rings. The van der Waals surface area contributed by atoms with E-state index in [-0.39, 0.29) is 34.6 Å². The van der Waals surface area contributed by atoms with Gasteiger partial charge in [-0.05, 0) is 91.3 Å². The molecule has 5 aliphatic rings. The van der Waals surface area contributed by atoms with Crippen LogP contribution in [0.25, 0.3) is 0 Å². The van der Waals surface area contributed by atoms with Crippen molar-refractivity contribution in [2.45, 2.75) is 141 Å². The van der Waals surface area contributed by atoms with Gasteiger partial charge < -0.3 is 44.8 Å². The van der Waals surface area contributed by atoms with Crippen LogP contribution in [0.2, 0.25) is 0 Å². The smallest absolute Gasteiger partial charge is 0.302 e. The van der Waals surface area contributed by atoms with Gasteiger partial charge in [0, 0.05) is 6.92 Å². The van der Waals surface area contributed by atoms with Crippen LogP contribution in [-0.4, -0.2) is 98.8 Å². The summed E-state index contributed by atoms with van der Waals surface area (Å²) in [7, 11) is 0. The Morgan fingerprint density at radius 3 is 2.47 bits per heavy atom. The SMILES string of the molecule is CC(=O)OC[C@H](C)CCC[C@@H](C)[C@H]1C[C@H](O)C2C3C(CC[C@@]21C)[C@@]1(C)CC[C@H](O)CC1=C[C@H]3O[C@@H]1O[C@H](CO)[C@H](O)[C@H](O)[C@H]1O. The van der Waals surface area contributed by atoms with Gasteiger partial charge in [-0.2, -0.15) is 0 Å². The van der Waals surface area contributed by atoms with Crippen molar-refractivity contribution in [1.29, 1.82) is 0 Å². The zero-order valence-corrected chi connectivity index (χ0v) is 27.8. The van der Waals surface area contributed by atoms with Crippen LogP contribution in [-0.2, 0) is 19.0 Å². The molecule has 6 N–H and O–H groups in total. The molecule has 4 aliphatic carbocycles. The summed E-state index contributed by atoms with van der Waals surface area (Å²) in [4.78, 5) is 11.2. The Hall–Kier alpha value is -1.11. The Morgan fingerprint density at radius 1 is 1.04 bits per heavy atom. The first-order chi connectivity index (χ1) is 21.2. The molecule has 3 saturated carbocycles. The Bertz CT molecular complexity index is 1070. The first-order valence-electron chi connectivity index (χ1n) is 17.4. The molecule has 258 valence electrons. The molecule has 5 rings (SSSR count). The molecule has 45 heavy (non-hydrogen) atoms. The minimum Gasteiger partial charge on any atom is -0.466 e. The van der Waals surface area contributed by atoms with Gasteiger partial charge in [-0.25, -0.2) is 0 Å². The molecule has 1 aliphatic heterocycles. The van der Waals surface area contributed by atoms with E-state index in [0.29, 0.717) is 37.2 Å². The summed E-state index contributed by atoms with van der Waals surface area (Å²) < 4.78 is 17.6. The highest BCUT2D eigenvalue weighted by Gasteiger charge is 2.64. The van der Waals surface area contributed by atoms with Crippen molar-refractivity contribution in [3.05, 3.63) is 11.6 Å². The molecule has 0 aromatic heterocycles. The number of fused-ring (bicyclic) bond motifs is 5. The summed E-state index contributed by atoms with van der Waals surface area (Å²) in [5.74, 6) is 0.838. The maximum absolute atomic E-state index is 11.9. The van der Waals surface area contributed by atoms with Gasteiger partial charge in [-0.3, -0.25) is 4.79 Å². The molecule has 1 heterocycles. The predicted molar refractivity (Wildman–Crippen MR) is 165 cm³/mol. The Balaban J connectivity index is 1.39. The molecule has 0 radical (unpaired) electrons. The molecule has 0 spiro atoms. The second kappa shape index (κ2) is 13.8. The topological polar surface area (TPSA) is 166 Å². The molecule has 10 heteroatoms. The lowest BCUT2D eigenvalue weighted by molar-refractivity contribution is -0.317. The molecule has 10 nitrogen and oxygen atoms in total. The van der Waals surface area contributed by atoms with Crippen LogP contribution in [0, 0.1) is 46.3 Å². The van der Waals surface area contributed by atoms with E-state index in [4.69, 9.17) is 14.2 Å². The molecule has 0 amide bonds. The minimum absolute atomic E-state index is 0.0528. The van der Waals surface area contributed by atoms with Gasteiger partial charge in [-0.1, -0.05) is 52.2 Å². The summed E-state index contributed by atoms with van der Waals surface area (Å²) in [5, 5.41) is 64.0. The van der Waals surface area contributed by atoms with Crippen LogP contribution < -0.4 is 0 Å². The third-order valence-electron chi connectivity index (χ3n) is 12.9. The van der Waals surface area contributed by atoms with Crippen molar-refractivity contribution in [3.63, 3.8) is 0 Å². The standard InChI is InChI=1S/C35H58O10/c1-18(17-43-20(3)37)7-6-8-19(2)24-15-25(39)29-28-23(10-12-35(24,29)5)34(4)11-9-22(38)13-21(34)14-26(28)44-33-32(42)31(41)30(40)27(16-36)45-33/h14,18-19,22-33,36,38-42H,6-13,15-17H2,1-5H3/t18-,19-,22+,23?,24-,25+,26-,27-,28?,29?,30+,31+,32-,33-,34+,35-/m1/s1. The molecular weight excluding hydrogens is 580 g/mol. The summed E-state index contributed by atoms with van der Waals surface area (Å²) >= 11 is 0. The Kier molecular flexibility index (Phi) is 10.8. The quantitative estimate of drug-likeness (QED) is 0.155. The van der Waals surface area contributed by atoms with Crippen LogP contribution in [0.5, 0.6) is 0 Å². The van der Waals surface area contributed by atoms with E-state index in [1.807, 2.05) is 0 Å². The fraction of sp³-hybridized carbons (Fsp3) is 0.914. The molecule has 0 aromatic carbocycles. The molecule has 4 fully saturated rings. The van der Waals surface area contributed by atoms with Crippen LogP contribution in [0.1, 0.15) is 92.4 Å². The van der Waals surface area contributed by atoms with E-state index < -0.39 is 55.6 Å². The van der Waals surface area contributed by atoms with Crippen LogP contribution in [0.3, 0.4) is 0 Å². The lowest BCUT2D eigenvalue weighted by Crippen LogP contribution is -2.62. The van der Waals surface area contributed by atoms with Gasteiger partial charge in [0.25, 0.3) is 0 Å². The number of aliphatic hydroxyl groups is 6. The predicted octanol–water partition coefficient (Wildman–Crippen LogP) is 2.70. The van der Waals surface area contributed by atoms with Crippen LogP contribution in [0.15, 0.2) is 11.6 Å². The number of carbonyl (C=O) groups excluding carboxylic acids is 1. The third kappa shape index (κ3) is 6.64. The lowest BCUT2D eigenvalue weighted by Gasteiger charge is -2.60. The van der Waals surface area contributed by atoms with E-state index in [0.717, 1.165) is 50.5 Å². The number of carbonyl (C=O) groups is 1. The maximum Gasteiger partial charge on any atom is 0.302 e. The average Bonchev–Trinajstić information content (AvgIpc) is 3.27. The highest BCUT2D eigenvalue weighted by Crippen LogP contribution is 2.67. The van der Waals surface area contributed by atoms with E-state index in [1.54, 1.807) is 0 Å². The number of hydrogen-bond donors (Lipinski definition) is 6. The van der Waals surface area contributed by atoms with Gasteiger partial charge in [-0.15, -0.1) is 0 Å². The second-order valence-electron chi connectivity index (χ2n) is 15.8. The summed E-state index contributed by atoms with van der Waals surface area (Å²) in [5.41, 5.74) is 0.874. The van der Waals surface area contributed by atoms with Crippen LogP contribution >= 0.6 is 0 Å². The Morgan fingerprint density at radius 2 is 1.78 bits per heavy atom. The average molecular weight is 639 g/mol. The maximum atomic E-state index is 11.9.